The van der Waals surface area contributed by atoms with Crippen LogP contribution in [0.25, 0.3) is 0 Å². The van der Waals surface area contributed by atoms with Gasteiger partial charge in [0.15, 0.2) is 0 Å². The van der Waals surface area contributed by atoms with Crippen molar-refractivity contribution in [1.29, 1.82) is 0 Å². The van der Waals surface area contributed by atoms with Gasteiger partial charge in [0.1, 0.15) is 10.8 Å². The minimum absolute atomic E-state index is 0.0650. The fourth-order valence-corrected chi connectivity index (χ4v) is 2.16. The van der Waals surface area contributed by atoms with Gasteiger partial charge in [-0.25, -0.2) is 4.98 Å². The highest BCUT2D eigenvalue weighted by atomic mass is 32.2. The van der Waals surface area contributed by atoms with Crippen molar-refractivity contribution in [2.24, 2.45) is 0 Å². The van der Waals surface area contributed by atoms with Gasteiger partial charge >= 0.3 is 0 Å². The Balaban J connectivity index is 2.72. The minimum atomic E-state index is -0.401. The topological polar surface area (TPSA) is 77.3 Å². The van der Waals surface area contributed by atoms with E-state index in [1.54, 1.807) is 7.11 Å². The highest BCUT2D eigenvalue weighted by Crippen LogP contribution is 2.24. The molecule has 1 heterocycles. The molecule has 0 atom stereocenters. The molecular weight excluding hydrogens is 254 g/mol. The maximum absolute atomic E-state index is 10.8. The van der Waals surface area contributed by atoms with Gasteiger partial charge in [-0.05, 0) is 13.3 Å². The zero-order chi connectivity index (χ0) is 13.4. The van der Waals surface area contributed by atoms with Gasteiger partial charge in [-0.3, -0.25) is 10.1 Å². The molecule has 0 aromatic carbocycles. The third-order valence-corrected chi connectivity index (χ3v) is 3.10. The first kappa shape index (κ1) is 14.7. The second kappa shape index (κ2) is 7.88. The molecule has 0 aliphatic carbocycles. The summed E-state index contributed by atoms with van der Waals surface area (Å²) in [6, 6.07) is 2.95. The lowest BCUT2D eigenvalue weighted by molar-refractivity contribution is -0.385. The normalized spacial score (nSPS) is 10.3. The molecule has 0 fully saturated rings. The van der Waals surface area contributed by atoms with Gasteiger partial charge in [-0.1, -0.05) is 0 Å². The molecule has 0 radical (unpaired) electrons. The van der Waals surface area contributed by atoms with E-state index in [1.807, 2.05) is 6.92 Å². The van der Waals surface area contributed by atoms with Crippen molar-refractivity contribution in [3.05, 3.63) is 22.2 Å². The molecule has 18 heavy (non-hydrogen) atoms. The Kier molecular flexibility index (Phi) is 6.45. The third kappa shape index (κ3) is 4.89. The van der Waals surface area contributed by atoms with Crippen molar-refractivity contribution in [3.8, 4) is 0 Å². The molecule has 1 aromatic rings. The summed E-state index contributed by atoms with van der Waals surface area (Å²) in [5.41, 5.74) is 0.0650. The van der Waals surface area contributed by atoms with Gasteiger partial charge in [0, 0.05) is 32.1 Å². The van der Waals surface area contributed by atoms with Crippen LogP contribution in [0.15, 0.2) is 17.2 Å². The molecule has 1 N–H and O–H groups in total. The summed E-state index contributed by atoms with van der Waals surface area (Å²) in [5, 5.41) is 14.5. The summed E-state index contributed by atoms with van der Waals surface area (Å²) in [6.07, 6.45) is 0.891. The molecule has 7 heteroatoms. The monoisotopic (exact) mass is 271 g/mol. The average molecular weight is 271 g/mol. The van der Waals surface area contributed by atoms with E-state index in [0.29, 0.717) is 24.0 Å². The Morgan fingerprint density at radius 3 is 2.94 bits per heavy atom. The van der Waals surface area contributed by atoms with Crippen LogP contribution < -0.4 is 5.32 Å². The van der Waals surface area contributed by atoms with Crippen molar-refractivity contribution < 1.29 is 9.66 Å². The fraction of sp³-hybridized carbons (Fsp3) is 0.545. The number of methoxy groups -OCH3 is 1. The first-order chi connectivity index (χ1) is 8.67. The number of thioether (sulfide) groups is 1. The molecule has 0 aliphatic rings. The Morgan fingerprint density at radius 2 is 2.33 bits per heavy atom. The Morgan fingerprint density at radius 1 is 1.56 bits per heavy atom. The summed E-state index contributed by atoms with van der Waals surface area (Å²) in [6.45, 7) is 3.29. The molecular formula is C11H17N3O3S. The lowest BCUT2D eigenvalue weighted by Gasteiger charge is -2.05. The number of aromatic nitrogens is 1. The average Bonchev–Trinajstić information content (AvgIpc) is 2.35. The number of hydrogen-bond acceptors (Lipinski definition) is 6. The van der Waals surface area contributed by atoms with Crippen molar-refractivity contribution in [1.82, 2.24) is 4.98 Å². The van der Waals surface area contributed by atoms with Crippen LogP contribution in [-0.4, -0.2) is 35.9 Å². The van der Waals surface area contributed by atoms with E-state index in [2.05, 4.69) is 10.3 Å². The molecule has 0 aliphatic heterocycles. The number of hydrogen-bond donors (Lipinski definition) is 1. The van der Waals surface area contributed by atoms with Gasteiger partial charge in [0.2, 0.25) is 0 Å². The highest BCUT2D eigenvalue weighted by Gasteiger charge is 2.11. The molecule has 6 nitrogen and oxygen atoms in total. The molecule has 0 unspecified atom stereocenters. The molecule has 0 amide bonds. The Hall–Kier alpha value is -1.34. The number of anilines is 1. The number of ether oxygens (including phenoxy) is 1. The number of nitro groups is 1. The number of nitrogens with zero attached hydrogens (tertiary/aromatic N) is 2. The second-order valence-electron chi connectivity index (χ2n) is 3.53. The van der Waals surface area contributed by atoms with E-state index >= 15 is 0 Å². The van der Waals surface area contributed by atoms with Crippen LogP contribution in [0, 0.1) is 10.1 Å². The van der Waals surface area contributed by atoms with Gasteiger partial charge in [-0.2, -0.15) is 0 Å². The first-order valence-electron chi connectivity index (χ1n) is 5.69. The molecule has 0 spiro atoms. The third-order valence-electron chi connectivity index (χ3n) is 2.10. The van der Waals surface area contributed by atoms with Gasteiger partial charge < -0.3 is 10.1 Å². The quantitative estimate of drug-likeness (QED) is 0.339. The Labute approximate surface area is 110 Å². The van der Waals surface area contributed by atoms with Gasteiger partial charge in [0.05, 0.1) is 11.0 Å². The zero-order valence-electron chi connectivity index (χ0n) is 10.5. The van der Waals surface area contributed by atoms with Crippen LogP contribution >= 0.6 is 11.8 Å². The predicted octanol–water partition coefficient (Wildman–Crippen LogP) is 2.55. The van der Waals surface area contributed by atoms with Gasteiger partial charge in [-0.15, -0.1) is 11.8 Å². The van der Waals surface area contributed by atoms with Gasteiger partial charge in [0.25, 0.3) is 5.69 Å². The van der Waals surface area contributed by atoms with E-state index in [9.17, 15) is 10.1 Å². The number of pyridine rings is 1. The molecule has 0 bridgehead atoms. The SMILES string of the molecule is CCNc1cc([N+](=O)[O-])cc(SCCCOC)n1. The van der Waals surface area contributed by atoms with E-state index in [0.717, 1.165) is 12.2 Å². The number of rotatable bonds is 8. The van der Waals surface area contributed by atoms with Crippen LogP contribution in [0.3, 0.4) is 0 Å². The van der Waals surface area contributed by atoms with Crippen molar-refractivity contribution in [2.75, 3.05) is 31.3 Å². The molecule has 1 rings (SSSR count). The summed E-state index contributed by atoms with van der Waals surface area (Å²) in [4.78, 5) is 14.7. The maximum Gasteiger partial charge on any atom is 0.275 e. The summed E-state index contributed by atoms with van der Waals surface area (Å²) < 4.78 is 4.95. The van der Waals surface area contributed by atoms with E-state index < -0.39 is 4.92 Å². The van der Waals surface area contributed by atoms with E-state index in [-0.39, 0.29) is 5.69 Å². The first-order valence-corrected chi connectivity index (χ1v) is 6.68. The molecule has 1 aromatic heterocycles. The highest BCUT2D eigenvalue weighted by molar-refractivity contribution is 7.99. The van der Waals surface area contributed by atoms with Crippen molar-refractivity contribution >= 4 is 23.3 Å². The van der Waals surface area contributed by atoms with E-state index in [1.165, 1.54) is 23.9 Å². The maximum atomic E-state index is 10.8. The predicted molar refractivity (Wildman–Crippen MR) is 72.3 cm³/mol. The van der Waals surface area contributed by atoms with Crippen LogP contribution in [0.5, 0.6) is 0 Å². The second-order valence-corrected chi connectivity index (χ2v) is 4.65. The zero-order valence-corrected chi connectivity index (χ0v) is 11.3. The molecule has 100 valence electrons. The molecule has 0 saturated carbocycles. The minimum Gasteiger partial charge on any atom is -0.385 e. The lowest BCUT2D eigenvalue weighted by Crippen LogP contribution is -2.01. The summed E-state index contributed by atoms with van der Waals surface area (Å²) >= 11 is 1.50. The fourth-order valence-electron chi connectivity index (χ4n) is 1.32. The van der Waals surface area contributed by atoms with E-state index in [4.69, 9.17) is 4.74 Å². The Bertz CT molecular complexity index is 401. The van der Waals surface area contributed by atoms with Crippen LogP contribution in [0.2, 0.25) is 0 Å². The van der Waals surface area contributed by atoms with Crippen molar-refractivity contribution in [2.45, 2.75) is 18.4 Å². The largest absolute Gasteiger partial charge is 0.385 e. The lowest BCUT2D eigenvalue weighted by atomic mass is 10.4. The standard InChI is InChI=1S/C11H17N3O3S/c1-3-12-10-7-9(14(15)16)8-11(13-10)18-6-4-5-17-2/h7-8H,3-6H2,1-2H3,(H,12,13). The summed E-state index contributed by atoms with van der Waals surface area (Å²) in [7, 11) is 1.65. The number of nitrogens with one attached hydrogen (secondary N) is 1. The van der Waals surface area contributed by atoms with Crippen LogP contribution in [0.4, 0.5) is 11.5 Å². The van der Waals surface area contributed by atoms with Crippen LogP contribution in [0.1, 0.15) is 13.3 Å². The summed E-state index contributed by atoms with van der Waals surface area (Å²) in [5.74, 6) is 1.37. The van der Waals surface area contributed by atoms with Crippen molar-refractivity contribution in [3.63, 3.8) is 0 Å². The smallest absolute Gasteiger partial charge is 0.275 e. The van der Waals surface area contributed by atoms with Crippen LogP contribution in [-0.2, 0) is 4.74 Å². The molecule has 0 saturated heterocycles.